The summed E-state index contributed by atoms with van der Waals surface area (Å²) in [5.41, 5.74) is 1.44. The van der Waals surface area contributed by atoms with Crippen molar-refractivity contribution in [1.29, 1.82) is 0 Å². The molecule has 3 aromatic rings. The number of sulfonamides is 1. The molecule has 0 atom stereocenters. The molecule has 0 saturated carbocycles. The lowest BCUT2D eigenvalue weighted by Crippen LogP contribution is -2.50. The summed E-state index contributed by atoms with van der Waals surface area (Å²) in [5.74, 6) is 1.08. The summed E-state index contributed by atoms with van der Waals surface area (Å²) in [6.07, 6.45) is 1.73. The molecule has 0 N–H and O–H groups in total. The predicted octanol–water partition coefficient (Wildman–Crippen LogP) is 3.40. The van der Waals surface area contributed by atoms with Crippen LogP contribution in [0.15, 0.2) is 57.7 Å². The molecule has 0 radical (unpaired) electrons. The highest BCUT2D eigenvalue weighted by Gasteiger charge is 2.28. The van der Waals surface area contributed by atoms with E-state index in [0.717, 1.165) is 10.4 Å². The van der Waals surface area contributed by atoms with Crippen LogP contribution in [0.5, 0.6) is 0 Å². The molecule has 31 heavy (non-hydrogen) atoms. The Labute approximate surface area is 185 Å². The van der Waals surface area contributed by atoms with Gasteiger partial charge in [-0.15, -0.1) is 11.3 Å². The number of hydrogen-bond donors (Lipinski definition) is 0. The van der Waals surface area contributed by atoms with E-state index in [1.165, 1.54) is 21.1 Å². The molecule has 1 amide bonds. The van der Waals surface area contributed by atoms with E-state index in [0.29, 0.717) is 30.4 Å². The van der Waals surface area contributed by atoms with E-state index in [9.17, 15) is 13.2 Å². The van der Waals surface area contributed by atoms with Crippen LogP contribution in [0, 0.1) is 6.92 Å². The average molecular weight is 458 g/mol. The molecule has 1 saturated heterocycles. The standard InChI is InChI=1S/C22H23N3O4S2/c1-17-19(23-22(29-17)20-8-5-14-30-20)16-21(26)24-10-12-25(13-11-24)31(27,28)15-9-18-6-3-2-4-7-18/h2-9,14-15H,10-13,16H2,1H3/b15-9+. The van der Waals surface area contributed by atoms with Crippen LogP contribution in [-0.2, 0) is 21.2 Å². The molecule has 7 nitrogen and oxygen atoms in total. The second-order valence-corrected chi connectivity index (χ2v) is 9.98. The molecule has 1 aliphatic heterocycles. The summed E-state index contributed by atoms with van der Waals surface area (Å²) in [6, 6.07) is 13.1. The molecule has 0 unspecified atom stereocenters. The van der Waals surface area contributed by atoms with E-state index in [1.54, 1.807) is 17.9 Å². The Hall–Kier alpha value is -2.75. The van der Waals surface area contributed by atoms with Gasteiger partial charge in [0.1, 0.15) is 5.76 Å². The minimum absolute atomic E-state index is 0.0778. The summed E-state index contributed by atoms with van der Waals surface area (Å²) in [4.78, 5) is 19.8. The van der Waals surface area contributed by atoms with Crippen molar-refractivity contribution in [3.8, 4) is 10.8 Å². The molecular formula is C22H23N3O4S2. The van der Waals surface area contributed by atoms with Crippen molar-refractivity contribution in [1.82, 2.24) is 14.2 Å². The maximum Gasteiger partial charge on any atom is 0.236 e. The maximum absolute atomic E-state index is 12.7. The summed E-state index contributed by atoms with van der Waals surface area (Å²) in [5, 5.41) is 3.17. The number of carbonyl (C=O) groups is 1. The van der Waals surface area contributed by atoms with Crippen LogP contribution in [0.4, 0.5) is 0 Å². The fourth-order valence-corrected chi connectivity index (χ4v) is 5.18. The number of benzene rings is 1. The molecule has 2 aromatic heterocycles. The van der Waals surface area contributed by atoms with Crippen LogP contribution in [0.3, 0.4) is 0 Å². The Morgan fingerprint density at radius 2 is 1.87 bits per heavy atom. The van der Waals surface area contributed by atoms with Crippen LogP contribution in [0.2, 0.25) is 0 Å². The van der Waals surface area contributed by atoms with Gasteiger partial charge < -0.3 is 9.32 Å². The van der Waals surface area contributed by atoms with E-state index in [-0.39, 0.29) is 25.4 Å². The largest absolute Gasteiger partial charge is 0.440 e. The normalized spacial score (nSPS) is 15.6. The van der Waals surface area contributed by atoms with Crippen LogP contribution in [0.25, 0.3) is 16.8 Å². The number of amides is 1. The van der Waals surface area contributed by atoms with Gasteiger partial charge in [-0.1, -0.05) is 36.4 Å². The molecular weight excluding hydrogens is 434 g/mol. The van der Waals surface area contributed by atoms with Gasteiger partial charge in [0.05, 0.1) is 17.0 Å². The zero-order chi connectivity index (χ0) is 21.8. The minimum atomic E-state index is -3.53. The summed E-state index contributed by atoms with van der Waals surface area (Å²) in [7, 11) is -3.53. The fourth-order valence-electron chi connectivity index (χ4n) is 3.36. The molecule has 0 aliphatic carbocycles. The molecule has 162 valence electrons. The zero-order valence-corrected chi connectivity index (χ0v) is 18.7. The Bertz CT molecular complexity index is 1160. The third-order valence-electron chi connectivity index (χ3n) is 5.13. The predicted molar refractivity (Wildman–Crippen MR) is 121 cm³/mol. The summed E-state index contributed by atoms with van der Waals surface area (Å²) < 4.78 is 32.3. The second kappa shape index (κ2) is 9.17. The van der Waals surface area contributed by atoms with Crippen molar-refractivity contribution in [3.05, 3.63) is 70.3 Å². The third-order valence-corrected chi connectivity index (χ3v) is 7.55. The van der Waals surface area contributed by atoms with Crippen molar-refractivity contribution in [2.45, 2.75) is 13.3 Å². The van der Waals surface area contributed by atoms with Crippen molar-refractivity contribution < 1.29 is 17.6 Å². The Morgan fingerprint density at radius 3 is 2.55 bits per heavy atom. The fraction of sp³-hybridized carbons (Fsp3) is 0.273. The Balaban J connectivity index is 1.34. The number of hydrogen-bond acceptors (Lipinski definition) is 6. The summed E-state index contributed by atoms with van der Waals surface area (Å²) in [6.45, 7) is 3.05. The maximum atomic E-state index is 12.7. The molecule has 1 aliphatic rings. The van der Waals surface area contributed by atoms with Crippen molar-refractivity contribution in [2.24, 2.45) is 0 Å². The number of piperazine rings is 1. The highest BCUT2D eigenvalue weighted by atomic mass is 32.2. The lowest BCUT2D eigenvalue weighted by Gasteiger charge is -2.33. The molecule has 1 fully saturated rings. The summed E-state index contributed by atoms with van der Waals surface area (Å²) >= 11 is 1.53. The van der Waals surface area contributed by atoms with Crippen LogP contribution < -0.4 is 0 Å². The van der Waals surface area contributed by atoms with Gasteiger partial charge >= 0.3 is 0 Å². The lowest BCUT2D eigenvalue weighted by atomic mass is 10.2. The smallest absolute Gasteiger partial charge is 0.236 e. The number of thiophene rings is 1. The van der Waals surface area contributed by atoms with Gasteiger partial charge in [0.25, 0.3) is 0 Å². The van der Waals surface area contributed by atoms with E-state index < -0.39 is 10.0 Å². The number of nitrogens with zero attached hydrogens (tertiary/aromatic N) is 3. The molecule has 1 aromatic carbocycles. The molecule has 9 heteroatoms. The number of oxazole rings is 1. The quantitative estimate of drug-likeness (QED) is 0.567. The highest BCUT2D eigenvalue weighted by Crippen LogP contribution is 2.26. The van der Waals surface area contributed by atoms with E-state index in [2.05, 4.69) is 4.98 Å². The number of aryl methyl sites for hydroxylation is 1. The second-order valence-electron chi connectivity index (χ2n) is 7.21. The van der Waals surface area contributed by atoms with E-state index in [4.69, 9.17) is 4.42 Å². The SMILES string of the molecule is Cc1oc(-c2cccs2)nc1CC(=O)N1CCN(S(=O)(=O)/C=C/c2ccccc2)CC1. The van der Waals surface area contributed by atoms with E-state index in [1.807, 2.05) is 47.8 Å². The van der Waals surface area contributed by atoms with Crippen molar-refractivity contribution in [2.75, 3.05) is 26.2 Å². The minimum Gasteiger partial charge on any atom is -0.440 e. The van der Waals surface area contributed by atoms with Crippen LogP contribution >= 0.6 is 11.3 Å². The first-order valence-corrected chi connectivity index (χ1v) is 12.3. The van der Waals surface area contributed by atoms with Crippen LogP contribution in [-0.4, -0.2) is 54.7 Å². The van der Waals surface area contributed by atoms with Crippen molar-refractivity contribution in [3.63, 3.8) is 0 Å². The van der Waals surface area contributed by atoms with Gasteiger partial charge in [-0.2, -0.15) is 4.31 Å². The third kappa shape index (κ3) is 5.12. The van der Waals surface area contributed by atoms with Gasteiger partial charge in [0.15, 0.2) is 0 Å². The van der Waals surface area contributed by atoms with Gasteiger partial charge in [0, 0.05) is 31.6 Å². The number of carbonyl (C=O) groups excluding carboxylic acids is 1. The number of rotatable bonds is 6. The number of aromatic nitrogens is 1. The van der Waals surface area contributed by atoms with Crippen LogP contribution in [0.1, 0.15) is 17.0 Å². The molecule has 0 bridgehead atoms. The monoisotopic (exact) mass is 457 g/mol. The van der Waals surface area contributed by atoms with Gasteiger partial charge in [0.2, 0.25) is 21.8 Å². The first-order chi connectivity index (χ1) is 14.9. The Morgan fingerprint density at radius 1 is 1.13 bits per heavy atom. The average Bonchev–Trinajstić information content (AvgIpc) is 3.43. The topological polar surface area (TPSA) is 83.7 Å². The van der Waals surface area contributed by atoms with Gasteiger partial charge in [-0.3, -0.25) is 4.79 Å². The van der Waals surface area contributed by atoms with E-state index >= 15 is 0 Å². The zero-order valence-electron chi connectivity index (χ0n) is 17.1. The van der Waals surface area contributed by atoms with Gasteiger partial charge in [-0.25, -0.2) is 13.4 Å². The van der Waals surface area contributed by atoms with Gasteiger partial charge in [-0.05, 0) is 30.0 Å². The Kier molecular flexibility index (Phi) is 6.35. The van der Waals surface area contributed by atoms with Crippen molar-refractivity contribution >= 4 is 33.3 Å². The first-order valence-electron chi connectivity index (χ1n) is 9.93. The highest BCUT2D eigenvalue weighted by molar-refractivity contribution is 7.92. The molecule has 4 rings (SSSR count). The molecule has 0 spiro atoms. The lowest BCUT2D eigenvalue weighted by molar-refractivity contribution is -0.131. The molecule has 3 heterocycles. The first kappa shape index (κ1) is 21.5.